The van der Waals surface area contributed by atoms with Gasteiger partial charge in [-0.25, -0.2) is 0 Å². The molecule has 0 spiro atoms. The molecule has 2 aliphatic rings. The first kappa shape index (κ1) is 18.5. The van der Waals surface area contributed by atoms with Crippen molar-refractivity contribution in [3.05, 3.63) is 46.8 Å². The molecule has 0 saturated carbocycles. The Balaban J connectivity index is 1.26. The molecule has 27 heavy (non-hydrogen) atoms. The number of nitrogens with zero attached hydrogens (tertiary/aromatic N) is 3. The number of rotatable bonds is 6. The molecule has 3 heterocycles. The highest BCUT2D eigenvalue weighted by Crippen LogP contribution is 2.37. The molecule has 0 radical (unpaired) electrons. The normalized spacial score (nSPS) is 17.9. The molecule has 2 aliphatic heterocycles. The molecule has 6 heteroatoms. The van der Waals surface area contributed by atoms with Crippen LogP contribution in [0.5, 0.6) is 0 Å². The number of thiophene rings is 1. The fourth-order valence-corrected chi connectivity index (χ4v) is 4.79. The number of para-hydroxylation sites is 1. The Morgan fingerprint density at radius 2 is 1.89 bits per heavy atom. The lowest BCUT2D eigenvalue weighted by Crippen LogP contribution is -2.45. The van der Waals surface area contributed by atoms with Gasteiger partial charge in [0.2, 0.25) is 0 Å². The van der Waals surface area contributed by atoms with Gasteiger partial charge in [-0.15, -0.1) is 11.3 Å². The quantitative estimate of drug-likeness (QED) is 0.778. The van der Waals surface area contributed by atoms with Gasteiger partial charge in [0.1, 0.15) is 0 Å². The lowest BCUT2D eigenvalue weighted by Gasteiger charge is -2.32. The number of piperazine rings is 1. The minimum absolute atomic E-state index is 0.0529. The lowest BCUT2D eigenvalue weighted by atomic mass is 10.2. The number of hydrogen-bond acceptors (Lipinski definition) is 5. The van der Waals surface area contributed by atoms with Crippen LogP contribution in [0, 0.1) is 0 Å². The molecule has 0 atom stereocenters. The van der Waals surface area contributed by atoms with Gasteiger partial charge in [-0.2, -0.15) is 0 Å². The average Bonchev–Trinajstić information content (AvgIpc) is 3.33. The Morgan fingerprint density at radius 3 is 2.74 bits per heavy atom. The number of carbonyl (C=O) groups is 1. The number of likely N-dealkylation sites (N-methyl/N-ethyl adjacent to an activating group) is 1. The maximum Gasteiger partial charge on any atom is 0.261 e. The molecule has 1 saturated heterocycles. The third-order valence-corrected chi connectivity index (χ3v) is 6.61. The predicted molar refractivity (Wildman–Crippen MR) is 112 cm³/mol. The molecule has 0 bridgehead atoms. The Labute approximate surface area is 165 Å². The Morgan fingerprint density at radius 1 is 1.07 bits per heavy atom. The van der Waals surface area contributed by atoms with E-state index >= 15 is 0 Å². The van der Waals surface area contributed by atoms with Crippen molar-refractivity contribution >= 4 is 27.9 Å². The molecule has 4 rings (SSSR count). The maximum atomic E-state index is 12.5. The van der Waals surface area contributed by atoms with Crippen LogP contribution in [-0.2, 0) is 6.42 Å². The molecule has 1 aromatic carbocycles. The van der Waals surface area contributed by atoms with Gasteiger partial charge in [-0.3, -0.25) is 4.79 Å². The first-order valence-electron chi connectivity index (χ1n) is 9.85. The fourth-order valence-electron chi connectivity index (χ4n) is 3.83. The number of carbonyl (C=O) groups excluding carboxylic acids is 1. The van der Waals surface area contributed by atoms with Crippen LogP contribution in [0.1, 0.15) is 21.7 Å². The van der Waals surface area contributed by atoms with Gasteiger partial charge in [0.15, 0.2) is 0 Å². The summed E-state index contributed by atoms with van der Waals surface area (Å²) in [6, 6.07) is 12.6. The number of hydrogen-bond donors (Lipinski definition) is 1. The van der Waals surface area contributed by atoms with Gasteiger partial charge in [0, 0.05) is 45.0 Å². The number of benzene rings is 1. The van der Waals surface area contributed by atoms with Crippen LogP contribution in [0.3, 0.4) is 0 Å². The van der Waals surface area contributed by atoms with E-state index in [1.807, 2.05) is 6.07 Å². The third kappa shape index (κ3) is 4.34. The minimum atomic E-state index is 0.0529. The van der Waals surface area contributed by atoms with Crippen molar-refractivity contribution < 1.29 is 4.79 Å². The molecule has 1 amide bonds. The topological polar surface area (TPSA) is 38.8 Å². The second-order valence-electron chi connectivity index (χ2n) is 7.42. The predicted octanol–water partition coefficient (Wildman–Crippen LogP) is 2.81. The van der Waals surface area contributed by atoms with E-state index in [0.717, 1.165) is 68.5 Å². The van der Waals surface area contributed by atoms with Crippen LogP contribution in [0.2, 0.25) is 0 Å². The van der Waals surface area contributed by atoms with E-state index in [9.17, 15) is 4.79 Å². The van der Waals surface area contributed by atoms with Crippen LogP contribution < -0.4 is 10.2 Å². The highest BCUT2D eigenvalue weighted by atomic mass is 32.1. The van der Waals surface area contributed by atoms with E-state index in [4.69, 9.17) is 0 Å². The molecule has 0 aliphatic carbocycles. The molecule has 2 aromatic rings. The Hall–Kier alpha value is -1.89. The van der Waals surface area contributed by atoms with Crippen molar-refractivity contribution in [2.45, 2.75) is 12.8 Å². The van der Waals surface area contributed by atoms with Crippen molar-refractivity contribution in [3.8, 4) is 0 Å². The van der Waals surface area contributed by atoms with E-state index in [1.165, 1.54) is 11.3 Å². The first-order valence-corrected chi connectivity index (χ1v) is 10.7. The number of amides is 1. The summed E-state index contributed by atoms with van der Waals surface area (Å²) >= 11 is 1.59. The number of anilines is 2. The molecule has 0 unspecified atom stereocenters. The van der Waals surface area contributed by atoms with Crippen molar-refractivity contribution in [2.24, 2.45) is 0 Å². The van der Waals surface area contributed by atoms with E-state index in [0.29, 0.717) is 0 Å². The Kier molecular flexibility index (Phi) is 5.76. The van der Waals surface area contributed by atoms with E-state index in [-0.39, 0.29) is 5.91 Å². The van der Waals surface area contributed by atoms with Crippen molar-refractivity contribution in [2.75, 3.05) is 57.8 Å². The van der Waals surface area contributed by atoms with Crippen LogP contribution in [0.15, 0.2) is 36.4 Å². The van der Waals surface area contributed by atoms with Gasteiger partial charge < -0.3 is 20.0 Å². The molecule has 1 aromatic heterocycles. The summed E-state index contributed by atoms with van der Waals surface area (Å²) in [7, 11) is 2.17. The van der Waals surface area contributed by atoms with Crippen molar-refractivity contribution in [3.63, 3.8) is 0 Å². The maximum absolute atomic E-state index is 12.5. The number of fused-ring (bicyclic) bond motifs is 1. The van der Waals surface area contributed by atoms with Crippen LogP contribution >= 0.6 is 11.3 Å². The minimum Gasteiger partial charge on any atom is -0.351 e. The van der Waals surface area contributed by atoms with Gasteiger partial charge in [-0.05, 0) is 50.2 Å². The third-order valence-electron chi connectivity index (χ3n) is 5.50. The SMILES string of the molecule is CN1CCN(CCCNC(=O)c2ccc(N3CCc4ccccc43)s2)CC1. The highest BCUT2D eigenvalue weighted by Gasteiger charge is 2.22. The van der Waals surface area contributed by atoms with E-state index in [1.54, 1.807) is 11.3 Å². The second kappa shape index (κ2) is 8.42. The van der Waals surface area contributed by atoms with E-state index < -0.39 is 0 Å². The van der Waals surface area contributed by atoms with Crippen molar-refractivity contribution in [1.29, 1.82) is 0 Å². The van der Waals surface area contributed by atoms with Crippen LogP contribution in [0.25, 0.3) is 0 Å². The summed E-state index contributed by atoms with van der Waals surface area (Å²) < 4.78 is 0. The second-order valence-corrected chi connectivity index (χ2v) is 8.48. The van der Waals surface area contributed by atoms with Gasteiger partial charge >= 0.3 is 0 Å². The molecular formula is C21H28N4OS. The summed E-state index contributed by atoms with van der Waals surface area (Å²) in [4.78, 5) is 20.4. The number of nitrogens with one attached hydrogen (secondary N) is 1. The average molecular weight is 385 g/mol. The van der Waals surface area contributed by atoms with Gasteiger partial charge in [0.25, 0.3) is 5.91 Å². The summed E-state index contributed by atoms with van der Waals surface area (Å²) in [5.74, 6) is 0.0529. The molecule has 1 N–H and O–H groups in total. The van der Waals surface area contributed by atoms with Gasteiger partial charge in [-0.1, -0.05) is 18.2 Å². The molecule has 5 nitrogen and oxygen atoms in total. The smallest absolute Gasteiger partial charge is 0.261 e. The summed E-state index contributed by atoms with van der Waals surface area (Å²) in [5.41, 5.74) is 2.67. The monoisotopic (exact) mass is 384 g/mol. The van der Waals surface area contributed by atoms with Gasteiger partial charge in [0.05, 0.1) is 9.88 Å². The zero-order valence-electron chi connectivity index (χ0n) is 16.0. The first-order chi connectivity index (χ1) is 13.2. The summed E-state index contributed by atoms with van der Waals surface area (Å²) in [5, 5.41) is 4.24. The largest absolute Gasteiger partial charge is 0.351 e. The molecule has 144 valence electrons. The summed E-state index contributed by atoms with van der Waals surface area (Å²) in [6.45, 7) is 7.35. The standard InChI is InChI=1S/C21H28N4OS/c1-23-13-15-24(16-14-23)11-4-10-22-21(26)19-7-8-20(27-19)25-12-9-17-5-2-3-6-18(17)25/h2-3,5-8H,4,9-16H2,1H3,(H,22,26). The lowest BCUT2D eigenvalue weighted by molar-refractivity contribution is 0.0953. The van der Waals surface area contributed by atoms with Crippen LogP contribution in [0.4, 0.5) is 10.7 Å². The molecular weight excluding hydrogens is 356 g/mol. The van der Waals surface area contributed by atoms with Crippen LogP contribution in [-0.4, -0.2) is 68.6 Å². The summed E-state index contributed by atoms with van der Waals surface area (Å²) in [6.07, 6.45) is 2.08. The fraction of sp³-hybridized carbons (Fsp3) is 0.476. The Bertz CT molecular complexity index is 782. The van der Waals surface area contributed by atoms with Crippen molar-refractivity contribution in [1.82, 2.24) is 15.1 Å². The highest BCUT2D eigenvalue weighted by molar-refractivity contribution is 7.18. The zero-order valence-corrected chi connectivity index (χ0v) is 16.8. The van der Waals surface area contributed by atoms with E-state index in [2.05, 4.69) is 57.4 Å². The molecule has 1 fully saturated rings. The zero-order chi connectivity index (χ0) is 18.6.